The lowest BCUT2D eigenvalue weighted by molar-refractivity contribution is -0.114. The van der Waals surface area contributed by atoms with Crippen LogP contribution in [0, 0.1) is 0 Å². The number of benzene rings is 2. The van der Waals surface area contributed by atoms with E-state index in [0.717, 1.165) is 17.9 Å². The van der Waals surface area contributed by atoms with Crippen LogP contribution >= 0.6 is 0 Å². The highest BCUT2D eigenvalue weighted by Gasteiger charge is 2.35. The number of fused-ring (bicyclic) bond motifs is 1. The molecule has 1 fully saturated rings. The van der Waals surface area contributed by atoms with E-state index in [-0.39, 0.29) is 11.8 Å². The van der Waals surface area contributed by atoms with Gasteiger partial charge in [0.2, 0.25) is 5.91 Å². The second-order valence-corrected chi connectivity index (χ2v) is 6.63. The second-order valence-electron chi connectivity index (χ2n) is 6.63. The first-order valence-corrected chi connectivity index (χ1v) is 8.68. The Morgan fingerprint density at radius 2 is 1.64 bits per heavy atom. The Bertz CT molecular complexity index is 812. The molecule has 4 rings (SSSR count). The van der Waals surface area contributed by atoms with Crippen LogP contribution in [0.2, 0.25) is 0 Å². The number of carbonyl (C=O) groups excluding carboxylic acids is 2. The minimum absolute atomic E-state index is 0.00253. The van der Waals surface area contributed by atoms with Gasteiger partial charge in [0, 0.05) is 37.3 Å². The number of para-hydroxylation sites is 2. The fourth-order valence-corrected chi connectivity index (χ4v) is 3.42. The van der Waals surface area contributed by atoms with Gasteiger partial charge in [-0.05, 0) is 49.2 Å². The van der Waals surface area contributed by atoms with Crippen LogP contribution in [-0.2, 0) is 4.79 Å². The number of nitrogens with one attached hydrogen (secondary N) is 1. The van der Waals surface area contributed by atoms with Gasteiger partial charge in [0.15, 0.2) is 0 Å². The Balaban J connectivity index is 1.59. The molecule has 1 saturated carbocycles. The minimum Gasteiger partial charge on any atom is -0.365 e. The number of rotatable bonds is 3. The first-order valence-electron chi connectivity index (χ1n) is 8.68. The van der Waals surface area contributed by atoms with Gasteiger partial charge >= 0.3 is 0 Å². The van der Waals surface area contributed by atoms with Crippen molar-refractivity contribution in [2.45, 2.75) is 25.8 Å². The standard InChI is InChI=1S/C20H21N3O2/c1-14(24)21-16-8-6-15(7-9-16)20(25)23-13-12-22(17-10-11-17)18-4-2-3-5-19(18)23/h2-9,17H,10-13H2,1H3,(H,21,24). The van der Waals surface area contributed by atoms with Crippen molar-refractivity contribution >= 4 is 28.9 Å². The Morgan fingerprint density at radius 1 is 0.960 bits per heavy atom. The molecule has 0 unspecified atom stereocenters. The van der Waals surface area contributed by atoms with Crippen LogP contribution < -0.4 is 15.1 Å². The van der Waals surface area contributed by atoms with Crippen molar-refractivity contribution < 1.29 is 9.59 Å². The van der Waals surface area contributed by atoms with Crippen LogP contribution in [0.3, 0.4) is 0 Å². The SMILES string of the molecule is CC(=O)Nc1ccc(C(=O)N2CCN(C3CC3)c3ccccc32)cc1. The van der Waals surface area contributed by atoms with E-state index in [1.165, 1.54) is 19.8 Å². The molecule has 1 aliphatic carbocycles. The zero-order valence-electron chi connectivity index (χ0n) is 14.2. The molecule has 2 amide bonds. The Labute approximate surface area is 147 Å². The number of carbonyl (C=O) groups is 2. The van der Waals surface area contributed by atoms with Crippen LogP contribution in [0.15, 0.2) is 48.5 Å². The van der Waals surface area contributed by atoms with Crippen molar-refractivity contribution in [2.75, 3.05) is 28.2 Å². The Kier molecular flexibility index (Phi) is 3.92. The summed E-state index contributed by atoms with van der Waals surface area (Å²) in [5, 5.41) is 2.72. The summed E-state index contributed by atoms with van der Waals surface area (Å²) >= 11 is 0. The maximum Gasteiger partial charge on any atom is 0.258 e. The lowest BCUT2D eigenvalue weighted by atomic mass is 10.1. The summed E-state index contributed by atoms with van der Waals surface area (Å²) in [4.78, 5) is 28.4. The van der Waals surface area contributed by atoms with E-state index in [0.29, 0.717) is 23.8 Å². The van der Waals surface area contributed by atoms with E-state index in [1.807, 2.05) is 23.1 Å². The maximum absolute atomic E-state index is 13.0. The molecule has 2 aromatic carbocycles. The number of nitrogens with zero attached hydrogens (tertiary/aromatic N) is 2. The third kappa shape index (κ3) is 3.09. The molecule has 25 heavy (non-hydrogen) atoms. The van der Waals surface area contributed by atoms with Gasteiger partial charge in [0.1, 0.15) is 0 Å². The van der Waals surface area contributed by atoms with Crippen LogP contribution in [0.1, 0.15) is 30.1 Å². The first kappa shape index (κ1) is 15.7. The lowest BCUT2D eigenvalue weighted by Crippen LogP contribution is -2.45. The van der Waals surface area contributed by atoms with Crippen LogP contribution in [0.4, 0.5) is 17.1 Å². The van der Waals surface area contributed by atoms with Crippen molar-refractivity contribution in [2.24, 2.45) is 0 Å². The third-order valence-electron chi connectivity index (χ3n) is 4.73. The predicted octanol–water partition coefficient (Wildman–Crippen LogP) is 3.27. The number of hydrogen-bond acceptors (Lipinski definition) is 3. The molecule has 1 aliphatic heterocycles. The van der Waals surface area contributed by atoms with Crippen molar-refractivity contribution in [1.82, 2.24) is 0 Å². The van der Waals surface area contributed by atoms with Gasteiger partial charge in [-0.2, -0.15) is 0 Å². The van der Waals surface area contributed by atoms with E-state index in [9.17, 15) is 9.59 Å². The third-order valence-corrected chi connectivity index (χ3v) is 4.73. The molecular weight excluding hydrogens is 314 g/mol. The molecule has 2 aromatic rings. The molecule has 0 radical (unpaired) electrons. The molecule has 1 N–H and O–H groups in total. The van der Waals surface area contributed by atoms with E-state index in [4.69, 9.17) is 0 Å². The molecule has 128 valence electrons. The smallest absolute Gasteiger partial charge is 0.258 e. The van der Waals surface area contributed by atoms with Gasteiger partial charge in [-0.3, -0.25) is 9.59 Å². The second kappa shape index (κ2) is 6.24. The van der Waals surface area contributed by atoms with Gasteiger partial charge in [-0.25, -0.2) is 0 Å². The summed E-state index contributed by atoms with van der Waals surface area (Å²) in [5.74, 6) is -0.124. The van der Waals surface area contributed by atoms with E-state index in [2.05, 4.69) is 16.3 Å². The van der Waals surface area contributed by atoms with Gasteiger partial charge in [0.25, 0.3) is 5.91 Å². The summed E-state index contributed by atoms with van der Waals surface area (Å²) in [6, 6.07) is 15.8. The quantitative estimate of drug-likeness (QED) is 0.936. The summed E-state index contributed by atoms with van der Waals surface area (Å²) in [6.45, 7) is 3.03. The fraction of sp³-hybridized carbons (Fsp3) is 0.300. The number of amides is 2. The van der Waals surface area contributed by atoms with Crippen molar-refractivity contribution in [3.05, 3.63) is 54.1 Å². The fourth-order valence-electron chi connectivity index (χ4n) is 3.42. The first-order chi connectivity index (χ1) is 12.1. The average molecular weight is 335 g/mol. The highest BCUT2D eigenvalue weighted by Crippen LogP contribution is 2.40. The van der Waals surface area contributed by atoms with Gasteiger partial charge in [-0.15, -0.1) is 0 Å². The highest BCUT2D eigenvalue weighted by atomic mass is 16.2. The average Bonchev–Trinajstić information content (AvgIpc) is 3.45. The number of anilines is 3. The van der Waals surface area contributed by atoms with Gasteiger partial charge < -0.3 is 15.1 Å². The van der Waals surface area contributed by atoms with Crippen LogP contribution in [-0.4, -0.2) is 30.9 Å². The van der Waals surface area contributed by atoms with Crippen LogP contribution in [0.5, 0.6) is 0 Å². The van der Waals surface area contributed by atoms with E-state index in [1.54, 1.807) is 24.3 Å². The van der Waals surface area contributed by atoms with E-state index >= 15 is 0 Å². The number of hydrogen-bond donors (Lipinski definition) is 1. The molecule has 0 aromatic heterocycles. The maximum atomic E-state index is 13.0. The highest BCUT2D eigenvalue weighted by molar-refractivity contribution is 6.08. The lowest BCUT2D eigenvalue weighted by Gasteiger charge is -2.38. The summed E-state index contributed by atoms with van der Waals surface area (Å²) in [7, 11) is 0. The Morgan fingerprint density at radius 3 is 2.28 bits per heavy atom. The van der Waals surface area contributed by atoms with Gasteiger partial charge in [-0.1, -0.05) is 12.1 Å². The topological polar surface area (TPSA) is 52.7 Å². The molecule has 0 saturated heterocycles. The van der Waals surface area contributed by atoms with Crippen LogP contribution in [0.25, 0.3) is 0 Å². The van der Waals surface area contributed by atoms with Crippen molar-refractivity contribution in [3.63, 3.8) is 0 Å². The van der Waals surface area contributed by atoms with Crippen molar-refractivity contribution in [3.8, 4) is 0 Å². The minimum atomic E-state index is -0.121. The predicted molar refractivity (Wildman–Crippen MR) is 99.2 cm³/mol. The monoisotopic (exact) mass is 335 g/mol. The molecule has 0 bridgehead atoms. The van der Waals surface area contributed by atoms with Gasteiger partial charge in [0.05, 0.1) is 11.4 Å². The molecule has 1 heterocycles. The molecular formula is C20H21N3O2. The van der Waals surface area contributed by atoms with E-state index < -0.39 is 0 Å². The Hall–Kier alpha value is -2.82. The summed E-state index contributed by atoms with van der Waals surface area (Å²) in [5.41, 5.74) is 3.46. The molecule has 5 nitrogen and oxygen atoms in total. The summed E-state index contributed by atoms with van der Waals surface area (Å²) < 4.78 is 0. The summed E-state index contributed by atoms with van der Waals surface area (Å²) in [6.07, 6.45) is 2.49. The largest absolute Gasteiger partial charge is 0.365 e. The molecule has 0 spiro atoms. The zero-order valence-corrected chi connectivity index (χ0v) is 14.2. The molecule has 0 atom stereocenters. The normalized spacial score (nSPS) is 16.4. The zero-order chi connectivity index (χ0) is 17.4. The molecule has 5 heteroatoms. The molecule has 2 aliphatic rings. The van der Waals surface area contributed by atoms with Crippen molar-refractivity contribution in [1.29, 1.82) is 0 Å².